The summed E-state index contributed by atoms with van der Waals surface area (Å²) < 4.78 is 30.4. The lowest BCUT2D eigenvalue weighted by Crippen LogP contribution is -2.23. The van der Waals surface area contributed by atoms with Crippen LogP contribution in [0, 0.1) is 0 Å². The summed E-state index contributed by atoms with van der Waals surface area (Å²) in [6.07, 6.45) is 0. The van der Waals surface area contributed by atoms with Crippen molar-refractivity contribution in [2.75, 3.05) is 12.4 Å². The Morgan fingerprint density at radius 3 is 2.69 bits per heavy atom. The van der Waals surface area contributed by atoms with E-state index in [-0.39, 0.29) is 10.8 Å². The first-order chi connectivity index (χ1) is 13.7. The van der Waals surface area contributed by atoms with Crippen molar-refractivity contribution in [2.24, 2.45) is 5.14 Å². The first-order valence-corrected chi connectivity index (χ1v) is 11.3. The number of aromatic nitrogens is 2. The number of anilines is 1. The van der Waals surface area contributed by atoms with Crippen molar-refractivity contribution >= 4 is 44.4 Å². The number of methoxy groups -OCH3 is 1. The number of benzene rings is 2. The first kappa shape index (κ1) is 21.2. The Labute approximate surface area is 173 Å². The third-order valence-corrected chi connectivity index (χ3v) is 6.35. The molecule has 1 aromatic heterocycles. The Morgan fingerprint density at radius 1 is 1.31 bits per heavy atom. The number of hydrogen-bond acceptors (Lipinski definition) is 6. The van der Waals surface area contributed by atoms with Crippen LogP contribution < -0.4 is 15.2 Å². The lowest BCUT2D eigenvalue weighted by molar-refractivity contribution is -0.115. The van der Waals surface area contributed by atoms with Crippen LogP contribution in [0.4, 0.5) is 5.69 Å². The van der Waals surface area contributed by atoms with Gasteiger partial charge in [-0.05, 0) is 44.2 Å². The molecule has 0 aliphatic heterocycles. The molecule has 1 amide bonds. The minimum Gasteiger partial charge on any atom is -0.495 e. The molecule has 0 aliphatic carbocycles. The van der Waals surface area contributed by atoms with Crippen molar-refractivity contribution in [3.05, 3.63) is 42.5 Å². The standard InChI is InChI=1S/C19H22N4O4S2/c1-4-23-16-10-9-13(29(20,25)26)11-15(16)22-19(23)28-12(2)18(24)21-14-7-5-6-8-17(14)27-3/h5-12H,4H2,1-3H3,(H,21,24)(H2,20,25,26)/t12-/m1/s1. The molecule has 1 heterocycles. The number of rotatable bonds is 7. The maximum Gasteiger partial charge on any atom is 0.238 e. The van der Waals surface area contributed by atoms with Gasteiger partial charge in [0.05, 0.1) is 34.0 Å². The third kappa shape index (κ3) is 4.55. The third-order valence-electron chi connectivity index (χ3n) is 4.35. The van der Waals surface area contributed by atoms with E-state index in [1.807, 2.05) is 23.6 Å². The molecule has 29 heavy (non-hydrogen) atoms. The Morgan fingerprint density at radius 2 is 2.03 bits per heavy atom. The zero-order valence-electron chi connectivity index (χ0n) is 16.2. The van der Waals surface area contributed by atoms with Gasteiger partial charge in [0.15, 0.2) is 5.16 Å². The summed E-state index contributed by atoms with van der Waals surface area (Å²) in [5.41, 5.74) is 1.88. The van der Waals surface area contributed by atoms with Crippen LogP contribution in [-0.2, 0) is 21.4 Å². The second kappa shape index (κ2) is 8.44. The van der Waals surface area contributed by atoms with E-state index in [0.29, 0.717) is 28.7 Å². The average Bonchev–Trinajstić information content (AvgIpc) is 3.03. The molecule has 3 rings (SSSR count). The summed E-state index contributed by atoms with van der Waals surface area (Å²) in [6.45, 7) is 4.36. The van der Waals surface area contributed by atoms with Gasteiger partial charge in [0.1, 0.15) is 5.75 Å². The predicted molar refractivity (Wildman–Crippen MR) is 114 cm³/mol. The fraction of sp³-hybridized carbons (Fsp3) is 0.263. The molecule has 3 aromatic rings. The summed E-state index contributed by atoms with van der Waals surface area (Å²) in [7, 11) is -2.27. The molecular formula is C19H22N4O4S2. The van der Waals surface area contributed by atoms with E-state index in [0.717, 1.165) is 5.52 Å². The Bertz CT molecular complexity index is 1160. The number of thioether (sulfide) groups is 1. The molecule has 3 N–H and O–H groups in total. The highest BCUT2D eigenvalue weighted by Gasteiger charge is 2.21. The fourth-order valence-electron chi connectivity index (χ4n) is 2.85. The van der Waals surface area contributed by atoms with E-state index >= 15 is 0 Å². The van der Waals surface area contributed by atoms with Crippen molar-refractivity contribution in [1.29, 1.82) is 0 Å². The quantitative estimate of drug-likeness (QED) is 0.552. The minimum atomic E-state index is -3.81. The van der Waals surface area contributed by atoms with Gasteiger partial charge in [0, 0.05) is 6.54 Å². The zero-order valence-corrected chi connectivity index (χ0v) is 17.9. The second-order valence-electron chi connectivity index (χ2n) is 6.28. The molecule has 10 heteroatoms. The van der Waals surface area contributed by atoms with Crippen molar-refractivity contribution in [3.8, 4) is 5.75 Å². The van der Waals surface area contributed by atoms with Crippen LogP contribution in [0.3, 0.4) is 0 Å². The van der Waals surface area contributed by atoms with Crippen LogP contribution >= 0.6 is 11.8 Å². The number of sulfonamides is 1. The van der Waals surface area contributed by atoms with Gasteiger partial charge < -0.3 is 14.6 Å². The van der Waals surface area contributed by atoms with Crippen LogP contribution in [0.5, 0.6) is 5.75 Å². The van der Waals surface area contributed by atoms with Crippen LogP contribution in [0.2, 0.25) is 0 Å². The Balaban J connectivity index is 1.85. The van der Waals surface area contributed by atoms with Crippen molar-refractivity contribution in [1.82, 2.24) is 9.55 Å². The number of fused-ring (bicyclic) bond motifs is 1. The van der Waals surface area contributed by atoms with Crippen LogP contribution in [0.15, 0.2) is 52.5 Å². The molecule has 0 saturated heterocycles. The number of nitrogens with zero attached hydrogens (tertiary/aromatic N) is 2. The van der Waals surface area contributed by atoms with Gasteiger partial charge in [-0.2, -0.15) is 0 Å². The van der Waals surface area contributed by atoms with Gasteiger partial charge in [0.25, 0.3) is 0 Å². The maximum atomic E-state index is 12.7. The summed E-state index contributed by atoms with van der Waals surface area (Å²) in [5, 5.41) is 8.25. The summed E-state index contributed by atoms with van der Waals surface area (Å²) in [5.74, 6) is 0.383. The number of imidazole rings is 1. The summed E-state index contributed by atoms with van der Waals surface area (Å²) in [4.78, 5) is 17.2. The predicted octanol–water partition coefficient (Wildman–Crippen LogP) is 2.83. The van der Waals surface area contributed by atoms with Gasteiger partial charge in [-0.1, -0.05) is 23.9 Å². The fourth-order valence-corrected chi connectivity index (χ4v) is 4.38. The number of carbonyl (C=O) groups excluding carboxylic acids is 1. The van der Waals surface area contributed by atoms with E-state index in [1.54, 1.807) is 32.2 Å². The smallest absolute Gasteiger partial charge is 0.238 e. The highest BCUT2D eigenvalue weighted by atomic mass is 32.2. The number of para-hydroxylation sites is 2. The van der Waals surface area contributed by atoms with Gasteiger partial charge in [-0.25, -0.2) is 18.5 Å². The van der Waals surface area contributed by atoms with E-state index in [4.69, 9.17) is 9.88 Å². The number of carbonyl (C=O) groups is 1. The molecular weight excluding hydrogens is 412 g/mol. The number of amides is 1. The molecule has 154 valence electrons. The lowest BCUT2D eigenvalue weighted by atomic mass is 10.3. The van der Waals surface area contributed by atoms with E-state index < -0.39 is 15.3 Å². The normalized spacial score (nSPS) is 12.7. The molecule has 0 saturated carbocycles. The van der Waals surface area contributed by atoms with Crippen molar-refractivity contribution in [3.63, 3.8) is 0 Å². The molecule has 0 aliphatic rings. The van der Waals surface area contributed by atoms with Gasteiger partial charge in [0.2, 0.25) is 15.9 Å². The van der Waals surface area contributed by atoms with Crippen LogP contribution in [0.1, 0.15) is 13.8 Å². The maximum absolute atomic E-state index is 12.7. The number of aryl methyl sites for hydroxylation is 1. The number of nitrogens with two attached hydrogens (primary N) is 1. The zero-order chi connectivity index (χ0) is 21.2. The average molecular weight is 435 g/mol. The Hall–Kier alpha value is -2.56. The van der Waals surface area contributed by atoms with Crippen molar-refractivity contribution < 1.29 is 17.9 Å². The topological polar surface area (TPSA) is 116 Å². The monoisotopic (exact) mass is 434 g/mol. The largest absolute Gasteiger partial charge is 0.495 e. The van der Waals surface area contributed by atoms with Crippen LogP contribution in [0.25, 0.3) is 11.0 Å². The molecule has 0 radical (unpaired) electrons. The van der Waals surface area contributed by atoms with Gasteiger partial charge in [-0.3, -0.25) is 4.79 Å². The molecule has 0 unspecified atom stereocenters. The number of ether oxygens (including phenoxy) is 1. The molecule has 1 atom stereocenters. The minimum absolute atomic E-state index is 0.00395. The highest BCUT2D eigenvalue weighted by Crippen LogP contribution is 2.30. The number of hydrogen-bond donors (Lipinski definition) is 2. The van der Waals surface area contributed by atoms with Gasteiger partial charge in [-0.15, -0.1) is 0 Å². The SMILES string of the molecule is CCn1c(S[C@H](C)C(=O)Nc2ccccc2OC)nc2cc(S(N)(=O)=O)ccc21. The summed E-state index contributed by atoms with van der Waals surface area (Å²) >= 11 is 1.29. The van der Waals surface area contributed by atoms with Crippen molar-refractivity contribution in [2.45, 2.75) is 35.7 Å². The highest BCUT2D eigenvalue weighted by molar-refractivity contribution is 8.00. The number of nitrogens with one attached hydrogen (secondary N) is 1. The number of primary sulfonamides is 1. The lowest BCUT2D eigenvalue weighted by Gasteiger charge is -2.14. The molecule has 0 bridgehead atoms. The van der Waals surface area contributed by atoms with Gasteiger partial charge >= 0.3 is 0 Å². The van der Waals surface area contributed by atoms with E-state index in [9.17, 15) is 13.2 Å². The van der Waals surface area contributed by atoms with E-state index in [1.165, 1.54) is 23.9 Å². The summed E-state index contributed by atoms with van der Waals surface area (Å²) in [6, 6.07) is 11.8. The first-order valence-electron chi connectivity index (χ1n) is 8.88. The Kier molecular flexibility index (Phi) is 6.15. The molecule has 2 aromatic carbocycles. The molecule has 0 fully saturated rings. The van der Waals surface area contributed by atoms with E-state index in [2.05, 4.69) is 10.3 Å². The van der Waals surface area contributed by atoms with Crippen LogP contribution in [-0.4, -0.2) is 36.2 Å². The molecule has 8 nitrogen and oxygen atoms in total. The molecule has 0 spiro atoms. The second-order valence-corrected chi connectivity index (χ2v) is 9.15.